The average Bonchev–Trinajstić information content (AvgIpc) is 2.99. The monoisotopic (exact) mass is 325 g/mol. The molecule has 0 bridgehead atoms. The van der Waals surface area contributed by atoms with Gasteiger partial charge in [0, 0.05) is 13.3 Å². The molecule has 1 amide bonds. The van der Waals surface area contributed by atoms with Crippen LogP contribution in [0.15, 0.2) is 11.0 Å². The van der Waals surface area contributed by atoms with Crippen molar-refractivity contribution in [2.75, 3.05) is 12.8 Å². The number of nitrogens with two attached hydrogens (primary N) is 2. The van der Waals surface area contributed by atoms with E-state index in [1.165, 1.54) is 17.9 Å². The smallest absolute Gasteiger partial charge is 0.262 e. The quantitative estimate of drug-likeness (QED) is 0.415. The molecule has 0 radical (unpaired) electrons. The molecule has 4 atom stereocenters. The lowest BCUT2D eigenvalue weighted by Crippen LogP contribution is -2.32. The normalized spacial score (nSPS) is 27.6. The first-order valence-corrected chi connectivity index (χ1v) is 6.59. The Bertz CT molecular complexity index is 829. The lowest BCUT2D eigenvalue weighted by atomic mass is 10.2. The number of rotatable bonds is 3. The summed E-state index contributed by atoms with van der Waals surface area (Å²) in [6.07, 6.45) is -3.70. The SMILES string of the molecule is CO[C@H]1O[C@@H](n2cc(C(N)=O)c3c(=O)[nH]c(N)nc32)C(O)C1O. The number of carbonyl (C=O) groups excluding carboxylic acids is 1. The fraction of sp³-hybridized carbons (Fsp3) is 0.417. The molecule has 11 heteroatoms. The number of hydrogen-bond acceptors (Lipinski definition) is 8. The van der Waals surface area contributed by atoms with Gasteiger partial charge in [-0.3, -0.25) is 14.6 Å². The number of hydrogen-bond donors (Lipinski definition) is 5. The Morgan fingerprint density at radius 2 is 2.17 bits per heavy atom. The van der Waals surface area contributed by atoms with E-state index < -0.39 is 36.2 Å². The van der Waals surface area contributed by atoms with E-state index in [1.807, 2.05) is 0 Å². The minimum absolute atomic E-state index is 0.00643. The number of fused-ring (bicyclic) bond motifs is 1. The number of aliphatic hydroxyl groups excluding tert-OH is 2. The Hall–Kier alpha value is -2.47. The number of H-pyrrole nitrogens is 1. The van der Waals surface area contributed by atoms with E-state index in [-0.39, 0.29) is 22.5 Å². The fourth-order valence-corrected chi connectivity index (χ4v) is 2.61. The molecule has 1 fully saturated rings. The summed E-state index contributed by atoms with van der Waals surface area (Å²) in [7, 11) is 1.30. The first-order chi connectivity index (χ1) is 10.8. The molecular formula is C12H15N5O6. The van der Waals surface area contributed by atoms with Crippen molar-refractivity contribution in [2.45, 2.75) is 24.7 Å². The van der Waals surface area contributed by atoms with Crippen molar-refractivity contribution >= 4 is 22.9 Å². The molecule has 1 aliphatic heterocycles. The number of aromatic nitrogens is 3. The van der Waals surface area contributed by atoms with E-state index in [1.54, 1.807) is 0 Å². The number of amides is 1. The Kier molecular flexibility index (Phi) is 3.56. The molecule has 0 spiro atoms. The number of methoxy groups -OCH3 is 1. The van der Waals surface area contributed by atoms with Crippen LogP contribution in [-0.2, 0) is 9.47 Å². The molecule has 11 nitrogen and oxygen atoms in total. The van der Waals surface area contributed by atoms with Crippen LogP contribution in [0.25, 0.3) is 11.0 Å². The van der Waals surface area contributed by atoms with E-state index in [9.17, 15) is 19.8 Å². The third-order valence-corrected chi connectivity index (χ3v) is 3.67. The highest BCUT2D eigenvalue weighted by atomic mass is 16.7. The second-order valence-electron chi connectivity index (χ2n) is 5.08. The van der Waals surface area contributed by atoms with Crippen LogP contribution in [0, 0.1) is 0 Å². The molecule has 3 rings (SSSR count). The zero-order valence-corrected chi connectivity index (χ0v) is 12.0. The minimum atomic E-state index is -1.38. The molecule has 0 aliphatic carbocycles. The number of nitrogens with zero attached hydrogens (tertiary/aromatic N) is 2. The molecule has 0 aromatic carbocycles. The Labute approximate surface area is 128 Å². The van der Waals surface area contributed by atoms with Crippen LogP contribution in [0.3, 0.4) is 0 Å². The molecule has 7 N–H and O–H groups in total. The van der Waals surface area contributed by atoms with Gasteiger partial charge in [0.25, 0.3) is 11.5 Å². The molecule has 3 heterocycles. The first-order valence-electron chi connectivity index (χ1n) is 6.59. The highest BCUT2D eigenvalue weighted by molar-refractivity contribution is 6.05. The number of nitrogens with one attached hydrogen (secondary N) is 1. The van der Waals surface area contributed by atoms with Crippen LogP contribution in [0.2, 0.25) is 0 Å². The number of carbonyl (C=O) groups is 1. The summed E-state index contributed by atoms with van der Waals surface area (Å²) in [5.41, 5.74) is 10.0. The summed E-state index contributed by atoms with van der Waals surface area (Å²) in [6.45, 7) is 0. The molecule has 1 saturated heterocycles. The number of anilines is 1. The van der Waals surface area contributed by atoms with Gasteiger partial charge in [0.1, 0.15) is 12.2 Å². The van der Waals surface area contributed by atoms with Crippen LogP contribution in [0.1, 0.15) is 16.6 Å². The summed E-state index contributed by atoms with van der Waals surface area (Å²) in [5, 5.41) is 19.9. The van der Waals surface area contributed by atoms with Crippen molar-refractivity contribution < 1.29 is 24.5 Å². The van der Waals surface area contributed by atoms with Gasteiger partial charge in [-0.1, -0.05) is 0 Å². The third kappa shape index (κ3) is 2.26. The van der Waals surface area contributed by atoms with Gasteiger partial charge in [-0.25, -0.2) is 0 Å². The lowest BCUT2D eigenvalue weighted by molar-refractivity contribution is -0.160. The second-order valence-corrected chi connectivity index (χ2v) is 5.08. The maximum absolute atomic E-state index is 12.0. The topological polar surface area (TPSA) is 179 Å². The summed E-state index contributed by atoms with van der Waals surface area (Å²) < 4.78 is 11.5. The van der Waals surface area contributed by atoms with Gasteiger partial charge < -0.3 is 35.7 Å². The van der Waals surface area contributed by atoms with Crippen molar-refractivity contribution in [1.29, 1.82) is 0 Å². The van der Waals surface area contributed by atoms with E-state index in [0.717, 1.165) is 0 Å². The van der Waals surface area contributed by atoms with E-state index in [4.69, 9.17) is 20.9 Å². The lowest BCUT2D eigenvalue weighted by Gasteiger charge is -2.16. The molecule has 2 unspecified atom stereocenters. The van der Waals surface area contributed by atoms with Gasteiger partial charge in [0.15, 0.2) is 18.2 Å². The van der Waals surface area contributed by atoms with Crippen LogP contribution < -0.4 is 17.0 Å². The first kappa shape index (κ1) is 15.4. The van der Waals surface area contributed by atoms with Gasteiger partial charge in [-0.05, 0) is 0 Å². The van der Waals surface area contributed by atoms with Gasteiger partial charge in [-0.2, -0.15) is 4.98 Å². The zero-order chi connectivity index (χ0) is 16.9. The predicted molar refractivity (Wildman–Crippen MR) is 76.2 cm³/mol. The second kappa shape index (κ2) is 5.31. The van der Waals surface area contributed by atoms with Crippen molar-refractivity contribution in [3.63, 3.8) is 0 Å². The number of aromatic amines is 1. The predicted octanol–water partition coefficient (Wildman–Crippen LogP) is -2.37. The minimum Gasteiger partial charge on any atom is -0.385 e. The van der Waals surface area contributed by atoms with E-state index in [0.29, 0.717) is 0 Å². The van der Waals surface area contributed by atoms with Crippen molar-refractivity contribution in [2.24, 2.45) is 5.73 Å². The largest absolute Gasteiger partial charge is 0.385 e. The third-order valence-electron chi connectivity index (χ3n) is 3.67. The number of nitrogen functional groups attached to an aromatic ring is 1. The van der Waals surface area contributed by atoms with Gasteiger partial charge >= 0.3 is 0 Å². The van der Waals surface area contributed by atoms with E-state index in [2.05, 4.69) is 9.97 Å². The van der Waals surface area contributed by atoms with Gasteiger partial charge in [0.05, 0.1) is 10.9 Å². The van der Waals surface area contributed by atoms with Gasteiger partial charge in [0.2, 0.25) is 5.95 Å². The van der Waals surface area contributed by atoms with Crippen molar-refractivity contribution in [1.82, 2.24) is 14.5 Å². The summed E-state index contributed by atoms with van der Waals surface area (Å²) in [5.74, 6) is -1.05. The molecule has 2 aromatic heterocycles. The maximum atomic E-state index is 12.0. The standard InChI is InChI=1S/C12H15N5O6/c1-22-11-6(19)5(18)10(23-11)17-2-3(7(13)20)4-8(17)15-12(14)16-9(4)21/h2,5-6,10-11,18-19H,1H3,(H2,13,20)(H3,14,15,16,21)/t5?,6?,10-,11+/m1/s1. The Morgan fingerprint density at radius 1 is 1.48 bits per heavy atom. The molecule has 1 aliphatic rings. The van der Waals surface area contributed by atoms with E-state index >= 15 is 0 Å². The number of primary amides is 1. The van der Waals surface area contributed by atoms with Crippen LogP contribution in [0.4, 0.5) is 5.95 Å². The fourth-order valence-electron chi connectivity index (χ4n) is 2.61. The summed E-state index contributed by atoms with van der Waals surface area (Å²) in [6, 6.07) is 0. The summed E-state index contributed by atoms with van der Waals surface area (Å²) >= 11 is 0. The highest BCUT2D eigenvalue weighted by Gasteiger charge is 2.45. The number of ether oxygens (including phenoxy) is 2. The van der Waals surface area contributed by atoms with Crippen LogP contribution in [-0.4, -0.2) is 56.3 Å². The summed E-state index contributed by atoms with van der Waals surface area (Å²) in [4.78, 5) is 29.8. The number of aliphatic hydroxyl groups is 2. The molecule has 23 heavy (non-hydrogen) atoms. The van der Waals surface area contributed by atoms with Gasteiger partial charge in [-0.15, -0.1) is 0 Å². The van der Waals surface area contributed by atoms with Crippen LogP contribution in [0.5, 0.6) is 0 Å². The Morgan fingerprint density at radius 3 is 2.74 bits per heavy atom. The molecular weight excluding hydrogens is 310 g/mol. The zero-order valence-electron chi connectivity index (χ0n) is 12.0. The molecule has 124 valence electrons. The highest BCUT2D eigenvalue weighted by Crippen LogP contribution is 2.32. The van der Waals surface area contributed by atoms with Crippen LogP contribution >= 0.6 is 0 Å². The molecule has 0 saturated carbocycles. The maximum Gasteiger partial charge on any atom is 0.262 e. The Balaban J connectivity index is 2.23. The van der Waals surface area contributed by atoms with Crippen molar-refractivity contribution in [3.05, 3.63) is 22.1 Å². The van der Waals surface area contributed by atoms with Crippen molar-refractivity contribution in [3.8, 4) is 0 Å². The molecule has 2 aromatic rings. The average molecular weight is 325 g/mol.